The highest BCUT2D eigenvalue weighted by Crippen LogP contribution is 2.20. The third-order valence-corrected chi connectivity index (χ3v) is 4.72. The molecule has 90 valence electrons. The molecule has 0 fully saturated rings. The maximum absolute atomic E-state index is 11.9. The lowest BCUT2D eigenvalue weighted by molar-refractivity contribution is 0.414. The smallest absolute Gasteiger partial charge is 0.272 e. The number of rotatable bonds is 4. The first kappa shape index (κ1) is 11.9. The third-order valence-electron chi connectivity index (χ3n) is 1.97. The zero-order chi connectivity index (χ0) is 12.3. The summed E-state index contributed by atoms with van der Waals surface area (Å²) in [5, 5.41) is 1.70. The summed E-state index contributed by atoms with van der Waals surface area (Å²) in [6.07, 6.45) is 1.48. The molecule has 0 bridgehead atoms. The highest BCUT2D eigenvalue weighted by molar-refractivity contribution is 7.94. The zero-order valence-corrected chi connectivity index (χ0v) is 10.6. The lowest BCUT2D eigenvalue weighted by Gasteiger charge is -2.06. The van der Waals surface area contributed by atoms with Crippen LogP contribution < -0.4 is 9.46 Å². The standard InChI is InChI=1S/C10H10N2O3S2/c1-15-8-4-5-11-9(7-8)12-17(13,14)10-3-2-6-16-10/h2-7H,1H3,(H,11,12). The van der Waals surface area contributed by atoms with Gasteiger partial charge >= 0.3 is 0 Å². The van der Waals surface area contributed by atoms with E-state index in [4.69, 9.17) is 4.74 Å². The van der Waals surface area contributed by atoms with Gasteiger partial charge in [-0.1, -0.05) is 6.07 Å². The van der Waals surface area contributed by atoms with Crippen molar-refractivity contribution in [1.82, 2.24) is 4.98 Å². The molecule has 0 spiro atoms. The van der Waals surface area contributed by atoms with Gasteiger partial charge in [0.2, 0.25) is 0 Å². The Morgan fingerprint density at radius 3 is 2.88 bits per heavy atom. The molecule has 0 radical (unpaired) electrons. The summed E-state index contributed by atoms with van der Waals surface area (Å²) in [4.78, 5) is 3.92. The Bertz CT molecular complexity index is 594. The highest BCUT2D eigenvalue weighted by Gasteiger charge is 2.15. The first-order chi connectivity index (χ1) is 8.12. The summed E-state index contributed by atoms with van der Waals surface area (Å²) < 4.78 is 31.4. The van der Waals surface area contributed by atoms with E-state index in [9.17, 15) is 8.42 Å². The van der Waals surface area contributed by atoms with Crippen LogP contribution in [0.15, 0.2) is 40.1 Å². The lowest BCUT2D eigenvalue weighted by atomic mass is 10.4. The molecule has 0 saturated carbocycles. The molecule has 0 aliphatic rings. The molecule has 0 unspecified atom stereocenters. The van der Waals surface area contributed by atoms with Gasteiger partial charge in [-0.3, -0.25) is 4.72 Å². The fourth-order valence-corrected chi connectivity index (χ4v) is 3.19. The van der Waals surface area contributed by atoms with E-state index in [1.54, 1.807) is 17.5 Å². The van der Waals surface area contributed by atoms with Crippen molar-refractivity contribution in [3.63, 3.8) is 0 Å². The van der Waals surface area contributed by atoms with Gasteiger partial charge in [-0.15, -0.1) is 11.3 Å². The Balaban J connectivity index is 2.26. The Labute approximate surface area is 103 Å². The molecule has 17 heavy (non-hydrogen) atoms. The van der Waals surface area contributed by atoms with E-state index >= 15 is 0 Å². The summed E-state index contributed by atoms with van der Waals surface area (Å²) >= 11 is 1.15. The molecule has 0 aliphatic heterocycles. The van der Waals surface area contributed by atoms with Crippen LogP contribution in [-0.4, -0.2) is 20.5 Å². The number of nitrogens with zero attached hydrogens (tertiary/aromatic N) is 1. The molecule has 0 aromatic carbocycles. The molecule has 0 atom stereocenters. The van der Waals surface area contributed by atoms with E-state index in [1.165, 1.54) is 25.4 Å². The van der Waals surface area contributed by atoms with Crippen LogP contribution in [-0.2, 0) is 10.0 Å². The fraction of sp³-hybridized carbons (Fsp3) is 0.100. The van der Waals surface area contributed by atoms with Crippen molar-refractivity contribution in [2.24, 2.45) is 0 Å². The van der Waals surface area contributed by atoms with Gasteiger partial charge in [-0.2, -0.15) is 0 Å². The van der Waals surface area contributed by atoms with Crippen LogP contribution in [0.4, 0.5) is 5.82 Å². The predicted octanol–water partition coefficient (Wildman–Crippen LogP) is 1.95. The van der Waals surface area contributed by atoms with Crippen LogP contribution in [0.5, 0.6) is 5.75 Å². The molecule has 2 heterocycles. The Kier molecular flexibility index (Phi) is 3.30. The highest BCUT2D eigenvalue weighted by atomic mass is 32.2. The molecule has 0 amide bonds. The number of ether oxygens (including phenoxy) is 1. The van der Waals surface area contributed by atoms with Crippen molar-refractivity contribution in [3.05, 3.63) is 35.8 Å². The quantitative estimate of drug-likeness (QED) is 0.922. The largest absolute Gasteiger partial charge is 0.497 e. The third kappa shape index (κ3) is 2.75. The minimum atomic E-state index is -3.54. The van der Waals surface area contributed by atoms with Crippen LogP contribution in [0.1, 0.15) is 0 Å². The SMILES string of the molecule is COc1ccnc(NS(=O)(=O)c2cccs2)c1. The number of aromatic nitrogens is 1. The Hall–Kier alpha value is -1.60. The van der Waals surface area contributed by atoms with Crippen molar-refractivity contribution in [2.45, 2.75) is 4.21 Å². The Morgan fingerprint density at radius 2 is 2.24 bits per heavy atom. The minimum Gasteiger partial charge on any atom is -0.497 e. The molecule has 2 aromatic heterocycles. The maximum atomic E-state index is 11.9. The van der Waals surface area contributed by atoms with E-state index in [2.05, 4.69) is 9.71 Å². The average Bonchev–Trinajstić information content (AvgIpc) is 2.83. The molecular weight excluding hydrogens is 260 g/mol. The molecule has 2 aromatic rings. The van der Waals surface area contributed by atoms with Gasteiger partial charge in [0, 0.05) is 12.3 Å². The summed E-state index contributed by atoms with van der Waals surface area (Å²) in [6.45, 7) is 0. The van der Waals surface area contributed by atoms with Crippen LogP contribution in [0.2, 0.25) is 0 Å². The molecule has 0 saturated heterocycles. The molecule has 1 N–H and O–H groups in total. The Morgan fingerprint density at radius 1 is 1.41 bits per heavy atom. The number of sulfonamides is 1. The van der Waals surface area contributed by atoms with E-state index in [-0.39, 0.29) is 10.0 Å². The number of methoxy groups -OCH3 is 1. The van der Waals surface area contributed by atoms with E-state index in [0.717, 1.165) is 11.3 Å². The van der Waals surface area contributed by atoms with Crippen molar-refractivity contribution in [1.29, 1.82) is 0 Å². The predicted molar refractivity (Wildman–Crippen MR) is 65.9 cm³/mol. The summed E-state index contributed by atoms with van der Waals surface area (Å²) in [5.74, 6) is 0.779. The minimum absolute atomic E-state index is 0.234. The number of hydrogen-bond donors (Lipinski definition) is 1. The van der Waals surface area contributed by atoms with E-state index in [0.29, 0.717) is 5.75 Å². The van der Waals surface area contributed by atoms with Crippen LogP contribution in [0.25, 0.3) is 0 Å². The second kappa shape index (κ2) is 4.72. The van der Waals surface area contributed by atoms with Crippen molar-refractivity contribution in [3.8, 4) is 5.75 Å². The van der Waals surface area contributed by atoms with Gasteiger partial charge in [0.25, 0.3) is 10.0 Å². The van der Waals surface area contributed by atoms with Gasteiger partial charge in [0.05, 0.1) is 7.11 Å². The second-order valence-electron chi connectivity index (χ2n) is 3.12. The lowest BCUT2D eigenvalue weighted by Crippen LogP contribution is -2.12. The monoisotopic (exact) mass is 270 g/mol. The fourth-order valence-electron chi connectivity index (χ4n) is 1.20. The van der Waals surface area contributed by atoms with Gasteiger partial charge in [-0.25, -0.2) is 13.4 Å². The second-order valence-corrected chi connectivity index (χ2v) is 5.98. The summed E-state index contributed by atoms with van der Waals surface area (Å²) in [5.41, 5.74) is 0. The number of pyridine rings is 1. The normalized spacial score (nSPS) is 11.1. The molecule has 7 heteroatoms. The first-order valence-corrected chi connectivity index (χ1v) is 7.04. The van der Waals surface area contributed by atoms with Crippen LogP contribution in [0, 0.1) is 0 Å². The summed E-state index contributed by atoms with van der Waals surface area (Å²) in [6, 6.07) is 6.37. The van der Waals surface area contributed by atoms with Crippen molar-refractivity contribution in [2.75, 3.05) is 11.8 Å². The summed E-state index contributed by atoms with van der Waals surface area (Å²) in [7, 11) is -2.04. The zero-order valence-electron chi connectivity index (χ0n) is 8.95. The average molecular weight is 270 g/mol. The van der Waals surface area contributed by atoms with Crippen molar-refractivity contribution < 1.29 is 13.2 Å². The first-order valence-electron chi connectivity index (χ1n) is 4.68. The van der Waals surface area contributed by atoms with E-state index < -0.39 is 10.0 Å². The van der Waals surface area contributed by atoms with Gasteiger partial charge in [0.15, 0.2) is 0 Å². The maximum Gasteiger partial charge on any atom is 0.272 e. The topological polar surface area (TPSA) is 68.3 Å². The number of anilines is 1. The molecular formula is C10H10N2O3S2. The van der Waals surface area contributed by atoms with Crippen LogP contribution >= 0.6 is 11.3 Å². The molecule has 5 nitrogen and oxygen atoms in total. The van der Waals surface area contributed by atoms with Crippen molar-refractivity contribution >= 4 is 27.2 Å². The van der Waals surface area contributed by atoms with E-state index in [1.807, 2.05) is 0 Å². The van der Waals surface area contributed by atoms with Gasteiger partial charge in [-0.05, 0) is 17.5 Å². The number of thiophene rings is 1. The van der Waals surface area contributed by atoms with Crippen LogP contribution in [0.3, 0.4) is 0 Å². The van der Waals surface area contributed by atoms with Gasteiger partial charge in [0.1, 0.15) is 15.8 Å². The number of nitrogens with one attached hydrogen (secondary N) is 1. The number of hydrogen-bond acceptors (Lipinski definition) is 5. The van der Waals surface area contributed by atoms with Gasteiger partial charge < -0.3 is 4.74 Å². The molecule has 2 rings (SSSR count). The molecule has 0 aliphatic carbocycles.